The molecule has 2 N–H and O–H groups in total. The standard InChI is InChI=1S/C11H12ClN7/c1-6-4-19(2)18-7(6)3-13-9-8-10(15-5-14-8)17-11(12)16-9/h4-5H,3H2,1-2H3,(H2,13,14,15,16,17). The van der Waals surface area contributed by atoms with Crippen LogP contribution in [-0.2, 0) is 13.6 Å². The van der Waals surface area contributed by atoms with Crippen LogP contribution in [0.3, 0.4) is 0 Å². The van der Waals surface area contributed by atoms with E-state index in [0.717, 1.165) is 16.8 Å². The molecule has 8 heteroatoms. The second-order valence-electron chi connectivity index (χ2n) is 4.23. The van der Waals surface area contributed by atoms with Crippen molar-refractivity contribution in [1.29, 1.82) is 0 Å². The number of hydrogen-bond donors (Lipinski definition) is 2. The van der Waals surface area contributed by atoms with E-state index >= 15 is 0 Å². The molecule has 0 aliphatic rings. The first kappa shape index (κ1) is 11.9. The maximum Gasteiger partial charge on any atom is 0.226 e. The van der Waals surface area contributed by atoms with Crippen molar-refractivity contribution >= 4 is 28.6 Å². The minimum Gasteiger partial charge on any atom is -0.362 e. The molecule has 0 amide bonds. The summed E-state index contributed by atoms with van der Waals surface area (Å²) < 4.78 is 1.78. The molecule has 0 atom stereocenters. The molecule has 0 aliphatic heterocycles. The van der Waals surface area contributed by atoms with Crippen molar-refractivity contribution in [2.75, 3.05) is 5.32 Å². The van der Waals surface area contributed by atoms with Crippen LogP contribution in [0.25, 0.3) is 11.2 Å². The highest BCUT2D eigenvalue weighted by atomic mass is 35.5. The van der Waals surface area contributed by atoms with Gasteiger partial charge in [-0.2, -0.15) is 15.1 Å². The number of aromatic amines is 1. The predicted molar refractivity (Wildman–Crippen MR) is 72.0 cm³/mol. The summed E-state index contributed by atoms with van der Waals surface area (Å²) in [5.41, 5.74) is 3.36. The number of halogens is 1. The fraction of sp³-hybridized carbons (Fsp3) is 0.273. The zero-order valence-electron chi connectivity index (χ0n) is 10.5. The van der Waals surface area contributed by atoms with Gasteiger partial charge in [-0.1, -0.05) is 0 Å². The Morgan fingerprint density at radius 1 is 1.42 bits per heavy atom. The van der Waals surface area contributed by atoms with E-state index < -0.39 is 0 Å². The molecule has 19 heavy (non-hydrogen) atoms. The first-order chi connectivity index (χ1) is 9.13. The third-order valence-corrected chi connectivity index (χ3v) is 2.96. The maximum atomic E-state index is 5.86. The number of anilines is 1. The summed E-state index contributed by atoms with van der Waals surface area (Å²) >= 11 is 5.86. The molecular weight excluding hydrogens is 266 g/mol. The Morgan fingerprint density at radius 3 is 3.00 bits per heavy atom. The first-order valence-corrected chi connectivity index (χ1v) is 6.11. The molecule has 98 valence electrons. The number of aromatic nitrogens is 6. The Labute approximate surface area is 114 Å². The summed E-state index contributed by atoms with van der Waals surface area (Å²) in [4.78, 5) is 15.2. The predicted octanol–water partition coefficient (Wildman–Crippen LogP) is 1.66. The summed E-state index contributed by atoms with van der Waals surface area (Å²) in [5, 5.41) is 7.74. The van der Waals surface area contributed by atoms with Crippen molar-refractivity contribution < 1.29 is 0 Å². The van der Waals surface area contributed by atoms with Gasteiger partial charge in [0.25, 0.3) is 0 Å². The van der Waals surface area contributed by atoms with Crippen molar-refractivity contribution in [3.8, 4) is 0 Å². The van der Waals surface area contributed by atoms with Gasteiger partial charge in [0.15, 0.2) is 11.5 Å². The Morgan fingerprint density at radius 2 is 2.26 bits per heavy atom. The van der Waals surface area contributed by atoms with Crippen LogP contribution in [0.5, 0.6) is 0 Å². The molecule has 0 radical (unpaired) electrons. The molecular formula is C11H12ClN7. The van der Waals surface area contributed by atoms with Crippen molar-refractivity contribution in [3.05, 3.63) is 29.1 Å². The van der Waals surface area contributed by atoms with Crippen molar-refractivity contribution in [3.63, 3.8) is 0 Å². The highest BCUT2D eigenvalue weighted by Crippen LogP contribution is 2.19. The van der Waals surface area contributed by atoms with Crippen LogP contribution < -0.4 is 5.32 Å². The lowest BCUT2D eigenvalue weighted by Crippen LogP contribution is -2.05. The van der Waals surface area contributed by atoms with Crippen LogP contribution in [0.2, 0.25) is 5.28 Å². The Bertz CT molecular complexity index is 730. The minimum absolute atomic E-state index is 0.167. The average Bonchev–Trinajstić information content (AvgIpc) is 2.92. The number of nitrogens with zero attached hydrogens (tertiary/aromatic N) is 5. The van der Waals surface area contributed by atoms with Crippen LogP contribution >= 0.6 is 11.6 Å². The molecule has 0 spiro atoms. The van der Waals surface area contributed by atoms with Gasteiger partial charge in [0.05, 0.1) is 18.6 Å². The summed E-state index contributed by atoms with van der Waals surface area (Å²) in [6.07, 6.45) is 3.53. The summed E-state index contributed by atoms with van der Waals surface area (Å²) in [7, 11) is 1.89. The highest BCUT2D eigenvalue weighted by molar-refractivity contribution is 6.28. The van der Waals surface area contributed by atoms with E-state index in [1.165, 1.54) is 0 Å². The molecule has 7 nitrogen and oxygen atoms in total. The van der Waals surface area contributed by atoms with Gasteiger partial charge >= 0.3 is 0 Å². The molecule has 3 heterocycles. The number of hydrogen-bond acceptors (Lipinski definition) is 5. The Kier molecular flexibility index (Phi) is 2.83. The number of fused-ring (bicyclic) bond motifs is 1. The zero-order chi connectivity index (χ0) is 13.4. The minimum atomic E-state index is 0.167. The van der Waals surface area contributed by atoms with Gasteiger partial charge in [-0.3, -0.25) is 4.68 Å². The fourth-order valence-corrected chi connectivity index (χ4v) is 2.09. The first-order valence-electron chi connectivity index (χ1n) is 5.73. The third kappa shape index (κ3) is 2.24. The van der Waals surface area contributed by atoms with Gasteiger partial charge in [0, 0.05) is 13.2 Å². The van der Waals surface area contributed by atoms with E-state index in [1.807, 2.05) is 20.2 Å². The summed E-state index contributed by atoms with van der Waals surface area (Å²) in [5.74, 6) is 0.623. The van der Waals surface area contributed by atoms with Gasteiger partial charge in [0.2, 0.25) is 5.28 Å². The van der Waals surface area contributed by atoms with Crippen molar-refractivity contribution in [1.82, 2.24) is 29.7 Å². The summed E-state index contributed by atoms with van der Waals surface area (Å²) in [6.45, 7) is 2.58. The summed E-state index contributed by atoms with van der Waals surface area (Å²) in [6, 6.07) is 0. The van der Waals surface area contributed by atoms with Gasteiger partial charge in [-0.05, 0) is 24.1 Å². The van der Waals surface area contributed by atoms with Gasteiger partial charge in [-0.25, -0.2) is 4.98 Å². The van der Waals surface area contributed by atoms with Gasteiger partial charge in [0.1, 0.15) is 5.52 Å². The molecule has 0 saturated carbocycles. The number of aryl methyl sites for hydroxylation is 2. The van der Waals surface area contributed by atoms with Crippen LogP contribution in [0.1, 0.15) is 11.3 Å². The SMILES string of the molecule is Cc1cn(C)nc1CNc1nc(Cl)nc2nc[nH]c12. The maximum absolute atomic E-state index is 5.86. The van der Waals surface area contributed by atoms with Crippen LogP contribution in [-0.4, -0.2) is 29.7 Å². The largest absolute Gasteiger partial charge is 0.362 e. The molecule has 0 unspecified atom stereocenters. The molecule has 0 fully saturated rings. The van der Waals surface area contributed by atoms with Crippen LogP contribution in [0, 0.1) is 6.92 Å². The van der Waals surface area contributed by atoms with Crippen molar-refractivity contribution in [2.45, 2.75) is 13.5 Å². The molecule has 0 bridgehead atoms. The number of H-pyrrole nitrogens is 1. The number of rotatable bonds is 3. The average molecular weight is 278 g/mol. The molecule has 0 saturated heterocycles. The molecule has 0 aliphatic carbocycles. The van der Waals surface area contributed by atoms with E-state index in [0.29, 0.717) is 18.0 Å². The number of imidazole rings is 1. The Hall–Kier alpha value is -2.15. The van der Waals surface area contributed by atoms with E-state index in [4.69, 9.17) is 11.6 Å². The smallest absolute Gasteiger partial charge is 0.226 e. The second-order valence-corrected chi connectivity index (χ2v) is 4.57. The highest BCUT2D eigenvalue weighted by Gasteiger charge is 2.10. The topological polar surface area (TPSA) is 84.3 Å². The monoisotopic (exact) mass is 277 g/mol. The fourth-order valence-electron chi connectivity index (χ4n) is 1.93. The lowest BCUT2D eigenvalue weighted by molar-refractivity contribution is 0.747. The van der Waals surface area contributed by atoms with E-state index in [2.05, 4.69) is 30.4 Å². The van der Waals surface area contributed by atoms with E-state index in [9.17, 15) is 0 Å². The zero-order valence-corrected chi connectivity index (χ0v) is 11.2. The normalized spacial score (nSPS) is 11.1. The molecule has 3 aromatic rings. The lowest BCUT2D eigenvalue weighted by atomic mass is 10.3. The van der Waals surface area contributed by atoms with Crippen LogP contribution in [0.15, 0.2) is 12.5 Å². The molecule has 3 rings (SSSR count). The lowest BCUT2D eigenvalue weighted by Gasteiger charge is -2.05. The van der Waals surface area contributed by atoms with Crippen LogP contribution in [0.4, 0.5) is 5.82 Å². The number of nitrogens with one attached hydrogen (secondary N) is 2. The van der Waals surface area contributed by atoms with E-state index in [-0.39, 0.29) is 5.28 Å². The Balaban J connectivity index is 1.89. The molecule has 0 aromatic carbocycles. The second kappa shape index (κ2) is 4.51. The van der Waals surface area contributed by atoms with Gasteiger partial charge < -0.3 is 10.3 Å². The van der Waals surface area contributed by atoms with E-state index in [1.54, 1.807) is 11.0 Å². The third-order valence-electron chi connectivity index (χ3n) is 2.80. The van der Waals surface area contributed by atoms with Gasteiger partial charge in [-0.15, -0.1) is 0 Å². The quantitative estimate of drug-likeness (QED) is 0.711. The molecule has 3 aromatic heterocycles. The van der Waals surface area contributed by atoms with Crippen molar-refractivity contribution in [2.24, 2.45) is 7.05 Å².